The van der Waals surface area contributed by atoms with Crippen LogP contribution in [0, 0.1) is 23.2 Å². The fourth-order valence-corrected chi connectivity index (χ4v) is 4.50. The lowest BCUT2D eigenvalue weighted by Crippen LogP contribution is -2.45. The molecule has 0 aliphatic heterocycles. The number of carbonyl (C=O) groups excluding carboxylic acids is 1. The van der Waals surface area contributed by atoms with Gasteiger partial charge in [-0.2, -0.15) is 15.2 Å². The van der Waals surface area contributed by atoms with Gasteiger partial charge >= 0.3 is 0 Å². The van der Waals surface area contributed by atoms with Crippen LogP contribution in [-0.4, -0.2) is 35.8 Å². The van der Waals surface area contributed by atoms with E-state index in [-0.39, 0.29) is 23.2 Å². The Balaban J connectivity index is 1.94. The van der Waals surface area contributed by atoms with Crippen LogP contribution in [0.1, 0.15) is 31.5 Å². The molecule has 1 unspecified atom stereocenters. The van der Waals surface area contributed by atoms with Gasteiger partial charge in [0.2, 0.25) is 5.82 Å². The van der Waals surface area contributed by atoms with Gasteiger partial charge in [-0.25, -0.2) is 0 Å². The SMILES string of the molecule is C[C@@H]1C(=O)C(C#N)=CC2(C)c3nn(C)c(-c4nnn(C)n4)c3CC[C@@H]12. The molecule has 0 aromatic carbocycles. The van der Waals surface area contributed by atoms with Crippen molar-refractivity contribution in [2.24, 2.45) is 25.9 Å². The fraction of sp³-hybridized carbons (Fsp3) is 0.529. The van der Waals surface area contributed by atoms with E-state index >= 15 is 0 Å². The van der Waals surface area contributed by atoms with E-state index in [0.717, 1.165) is 29.8 Å². The van der Waals surface area contributed by atoms with E-state index in [1.165, 1.54) is 4.80 Å². The molecule has 128 valence electrons. The van der Waals surface area contributed by atoms with Crippen LogP contribution in [-0.2, 0) is 30.7 Å². The van der Waals surface area contributed by atoms with Gasteiger partial charge in [-0.15, -0.1) is 10.2 Å². The third-order valence-electron chi connectivity index (χ3n) is 5.70. The molecule has 4 rings (SSSR count). The number of Topliss-reactive ketones (excluding diaryl/α,β-unsaturated/α-hetero) is 1. The van der Waals surface area contributed by atoms with Gasteiger partial charge in [0.15, 0.2) is 5.78 Å². The van der Waals surface area contributed by atoms with Crippen LogP contribution >= 0.6 is 0 Å². The standard InChI is InChI=1S/C17H19N7O/c1-9-12-6-5-11-13(16-19-22-24(4)21-16)23(3)20-15(11)17(12,2)7-10(8-18)14(9)25/h7,9,12H,5-6H2,1-4H3/t9-,12-,17?/m0/s1. The van der Waals surface area contributed by atoms with E-state index in [1.807, 2.05) is 20.0 Å². The summed E-state index contributed by atoms with van der Waals surface area (Å²) in [5.41, 5.74) is 2.66. The zero-order valence-electron chi connectivity index (χ0n) is 14.7. The minimum atomic E-state index is -0.440. The lowest BCUT2D eigenvalue weighted by molar-refractivity contribution is -0.121. The van der Waals surface area contributed by atoms with E-state index in [0.29, 0.717) is 5.82 Å². The van der Waals surface area contributed by atoms with Crippen LogP contribution in [0.15, 0.2) is 11.6 Å². The van der Waals surface area contributed by atoms with Gasteiger partial charge in [0, 0.05) is 23.9 Å². The number of rotatable bonds is 1. The van der Waals surface area contributed by atoms with Crippen molar-refractivity contribution in [2.45, 2.75) is 32.1 Å². The first-order valence-electron chi connectivity index (χ1n) is 8.34. The summed E-state index contributed by atoms with van der Waals surface area (Å²) in [4.78, 5) is 13.8. The summed E-state index contributed by atoms with van der Waals surface area (Å²) in [6, 6.07) is 2.07. The molecule has 0 spiro atoms. The van der Waals surface area contributed by atoms with Gasteiger partial charge in [-0.05, 0) is 24.0 Å². The molecule has 0 bridgehead atoms. The Morgan fingerprint density at radius 2 is 2.12 bits per heavy atom. The van der Waals surface area contributed by atoms with Crippen molar-refractivity contribution >= 4 is 5.78 Å². The van der Waals surface area contributed by atoms with E-state index in [2.05, 4.69) is 28.4 Å². The van der Waals surface area contributed by atoms with Gasteiger partial charge in [0.25, 0.3) is 0 Å². The molecule has 8 nitrogen and oxygen atoms in total. The highest BCUT2D eigenvalue weighted by atomic mass is 16.1. The maximum atomic E-state index is 12.4. The Bertz CT molecular complexity index is 960. The molecule has 3 atom stereocenters. The Labute approximate surface area is 145 Å². The molecule has 25 heavy (non-hydrogen) atoms. The van der Waals surface area contributed by atoms with Crippen molar-refractivity contribution in [3.63, 3.8) is 0 Å². The quantitative estimate of drug-likeness (QED) is 0.772. The number of allylic oxidation sites excluding steroid dienone is 2. The largest absolute Gasteiger partial charge is 0.293 e. The molecule has 2 aromatic rings. The second kappa shape index (κ2) is 5.09. The summed E-state index contributed by atoms with van der Waals surface area (Å²) in [6.45, 7) is 4.01. The third-order valence-corrected chi connectivity index (χ3v) is 5.70. The monoisotopic (exact) mass is 337 g/mol. The Hall–Kier alpha value is -2.82. The topological polar surface area (TPSA) is 102 Å². The number of hydrogen-bond donors (Lipinski definition) is 0. The molecule has 0 saturated carbocycles. The molecule has 0 saturated heterocycles. The van der Waals surface area contributed by atoms with Crippen LogP contribution in [0.3, 0.4) is 0 Å². The van der Waals surface area contributed by atoms with Crippen LogP contribution in [0.4, 0.5) is 0 Å². The van der Waals surface area contributed by atoms with E-state index < -0.39 is 5.41 Å². The van der Waals surface area contributed by atoms with Crippen molar-refractivity contribution < 1.29 is 4.79 Å². The van der Waals surface area contributed by atoms with Crippen LogP contribution in [0.2, 0.25) is 0 Å². The van der Waals surface area contributed by atoms with Crippen LogP contribution in [0.5, 0.6) is 0 Å². The zero-order chi connectivity index (χ0) is 17.9. The predicted octanol–water partition coefficient (Wildman–Crippen LogP) is 1.10. The number of fused-ring (bicyclic) bond motifs is 3. The summed E-state index contributed by atoms with van der Waals surface area (Å²) in [5, 5.41) is 26.5. The highest BCUT2D eigenvalue weighted by molar-refractivity contribution is 6.02. The van der Waals surface area contributed by atoms with Crippen molar-refractivity contribution in [3.05, 3.63) is 22.9 Å². The predicted molar refractivity (Wildman–Crippen MR) is 88.0 cm³/mol. The minimum absolute atomic E-state index is 0.0554. The minimum Gasteiger partial charge on any atom is -0.293 e. The third kappa shape index (κ3) is 2.02. The Morgan fingerprint density at radius 3 is 2.76 bits per heavy atom. The van der Waals surface area contributed by atoms with E-state index in [4.69, 9.17) is 5.10 Å². The second-order valence-electron chi connectivity index (χ2n) is 7.15. The normalized spacial score (nSPS) is 28.1. The van der Waals surface area contributed by atoms with Crippen molar-refractivity contribution in [2.75, 3.05) is 0 Å². The first-order valence-corrected chi connectivity index (χ1v) is 8.34. The molecule has 0 amide bonds. The molecule has 0 fully saturated rings. The Kier molecular flexibility index (Phi) is 3.19. The van der Waals surface area contributed by atoms with Crippen molar-refractivity contribution in [1.29, 1.82) is 5.26 Å². The summed E-state index contributed by atoms with van der Waals surface area (Å²) in [5.74, 6) is 0.449. The number of aromatic nitrogens is 6. The number of carbonyl (C=O) groups is 1. The van der Waals surface area contributed by atoms with E-state index in [1.54, 1.807) is 11.7 Å². The highest BCUT2D eigenvalue weighted by Crippen LogP contribution is 2.50. The highest BCUT2D eigenvalue weighted by Gasteiger charge is 2.50. The Morgan fingerprint density at radius 1 is 1.36 bits per heavy atom. The molecule has 0 radical (unpaired) electrons. The lowest BCUT2D eigenvalue weighted by atomic mass is 9.58. The molecule has 0 N–H and O–H groups in total. The van der Waals surface area contributed by atoms with Gasteiger partial charge < -0.3 is 0 Å². The number of nitrogens with zero attached hydrogens (tertiary/aromatic N) is 7. The smallest absolute Gasteiger partial charge is 0.223 e. The number of ketones is 1. The summed E-state index contributed by atoms with van der Waals surface area (Å²) < 4.78 is 1.79. The van der Waals surface area contributed by atoms with Crippen molar-refractivity contribution in [1.82, 2.24) is 30.0 Å². The van der Waals surface area contributed by atoms with Gasteiger partial charge in [-0.1, -0.05) is 19.9 Å². The lowest BCUT2D eigenvalue weighted by Gasteiger charge is -2.44. The maximum absolute atomic E-state index is 12.4. The molecular weight excluding hydrogens is 318 g/mol. The first-order chi connectivity index (χ1) is 11.9. The average Bonchev–Trinajstić information content (AvgIpc) is 3.14. The number of tetrazole rings is 1. The molecule has 2 aliphatic carbocycles. The average molecular weight is 337 g/mol. The zero-order valence-corrected chi connectivity index (χ0v) is 14.7. The fourth-order valence-electron chi connectivity index (χ4n) is 4.50. The van der Waals surface area contributed by atoms with Gasteiger partial charge in [0.1, 0.15) is 11.8 Å². The molecule has 2 aromatic heterocycles. The summed E-state index contributed by atoms with van der Waals surface area (Å²) in [6.07, 6.45) is 3.49. The van der Waals surface area contributed by atoms with E-state index in [9.17, 15) is 10.1 Å². The van der Waals surface area contributed by atoms with Gasteiger partial charge in [0.05, 0.1) is 18.3 Å². The summed E-state index contributed by atoms with van der Waals surface area (Å²) in [7, 11) is 3.60. The molecule has 8 heteroatoms. The van der Waals surface area contributed by atoms with Crippen molar-refractivity contribution in [3.8, 4) is 17.6 Å². The second-order valence-corrected chi connectivity index (χ2v) is 7.15. The van der Waals surface area contributed by atoms with Crippen LogP contribution in [0.25, 0.3) is 11.5 Å². The maximum Gasteiger partial charge on any atom is 0.223 e. The number of hydrogen-bond acceptors (Lipinski definition) is 6. The first kappa shape index (κ1) is 15.7. The molecule has 2 heterocycles. The number of nitriles is 1. The number of aryl methyl sites for hydroxylation is 2. The van der Waals surface area contributed by atoms with Gasteiger partial charge in [-0.3, -0.25) is 9.48 Å². The molecule has 2 aliphatic rings. The van der Waals surface area contributed by atoms with Crippen LogP contribution < -0.4 is 0 Å². The summed E-state index contributed by atoms with van der Waals surface area (Å²) >= 11 is 0. The molecular formula is C17H19N7O.